The molecule has 9 nitrogen and oxygen atoms in total. The molecule has 9 heteroatoms. The number of rotatable bonds is 10. The molecule has 38 heavy (non-hydrogen) atoms. The van der Waals surface area contributed by atoms with E-state index in [1.807, 2.05) is 36.2 Å². The quantitative estimate of drug-likeness (QED) is 0.501. The molecule has 2 aromatic rings. The fraction of sp³-hybridized carbons (Fsp3) is 0.483. The average molecular weight is 521 g/mol. The Hall–Kier alpha value is -3.43. The van der Waals surface area contributed by atoms with Gasteiger partial charge in [0.2, 0.25) is 11.8 Å². The van der Waals surface area contributed by atoms with Gasteiger partial charge in [0, 0.05) is 64.1 Å². The number of aryl methyl sites for hydroxylation is 2. The molecule has 0 atom stereocenters. The highest BCUT2D eigenvalue weighted by Gasteiger charge is 2.27. The smallest absolute Gasteiger partial charge is 0.256 e. The molecule has 0 fully saturated rings. The number of carbonyl (C=O) groups is 3. The number of amides is 3. The monoisotopic (exact) mass is 520 g/mol. The zero-order valence-electron chi connectivity index (χ0n) is 23.2. The predicted molar refractivity (Wildman–Crippen MR) is 150 cm³/mol. The van der Waals surface area contributed by atoms with Crippen LogP contribution in [-0.4, -0.2) is 79.0 Å². The lowest BCUT2D eigenvalue weighted by molar-refractivity contribution is -0.151. The highest BCUT2D eigenvalue weighted by atomic mass is 16.2. The van der Waals surface area contributed by atoms with Crippen LogP contribution in [0.4, 0.5) is 11.4 Å². The normalized spacial score (nSPS) is 14.9. The van der Waals surface area contributed by atoms with Crippen molar-refractivity contribution < 1.29 is 14.4 Å². The number of nitrogens with zero attached hydrogens (tertiary/aromatic N) is 4. The Labute approximate surface area is 225 Å². The van der Waals surface area contributed by atoms with Gasteiger partial charge < -0.3 is 20.4 Å². The largest absolute Gasteiger partial charge is 0.376 e. The summed E-state index contributed by atoms with van der Waals surface area (Å²) in [6.07, 6.45) is 1.18. The Kier molecular flexibility index (Phi) is 8.69. The van der Waals surface area contributed by atoms with Crippen molar-refractivity contribution in [2.45, 2.75) is 52.7 Å². The Morgan fingerprint density at radius 3 is 2.37 bits per heavy atom. The van der Waals surface area contributed by atoms with Crippen LogP contribution < -0.4 is 15.5 Å². The first-order valence-electron chi connectivity index (χ1n) is 13.4. The minimum atomic E-state index is -0.133. The van der Waals surface area contributed by atoms with Gasteiger partial charge in [0.25, 0.3) is 5.91 Å². The lowest BCUT2D eigenvalue weighted by atomic mass is 9.98. The molecule has 2 aliphatic rings. The third kappa shape index (κ3) is 6.34. The summed E-state index contributed by atoms with van der Waals surface area (Å²) in [6, 6.07) is 12.5. The van der Waals surface area contributed by atoms with Crippen LogP contribution in [0.25, 0.3) is 0 Å². The maximum atomic E-state index is 13.3. The van der Waals surface area contributed by atoms with Crippen molar-refractivity contribution >= 4 is 29.1 Å². The van der Waals surface area contributed by atoms with E-state index in [0.29, 0.717) is 39.0 Å². The predicted octanol–water partition coefficient (Wildman–Crippen LogP) is 2.53. The molecule has 204 valence electrons. The van der Waals surface area contributed by atoms with Crippen LogP contribution in [0.2, 0.25) is 0 Å². The summed E-state index contributed by atoms with van der Waals surface area (Å²) in [4.78, 5) is 42.0. The summed E-state index contributed by atoms with van der Waals surface area (Å²) in [7, 11) is 3.58. The molecule has 0 saturated heterocycles. The average Bonchev–Trinajstić information content (AvgIpc) is 3.33. The SMILES string of the molecule is Cc1cc2c(cc1NCC(=O)N(CCNC(C)C)CC(=O)N(C)N1Cc3ccccc3C1)CCC(=O)N2C. The van der Waals surface area contributed by atoms with Gasteiger partial charge in [-0.1, -0.05) is 38.1 Å². The molecule has 2 heterocycles. The molecular weight excluding hydrogens is 480 g/mol. The summed E-state index contributed by atoms with van der Waals surface area (Å²) in [5.41, 5.74) is 6.31. The summed E-state index contributed by atoms with van der Waals surface area (Å²) in [5, 5.41) is 10.3. The summed E-state index contributed by atoms with van der Waals surface area (Å²) >= 11 is 0. The minimum absolute atomic E-state index is 0.0136. The van der Waals surface area contributed by atoms with Crippen molar-refractivity contribution in [1.29, 1.82) is 0 Å². The van der Waals surface area contributed by atoms with E-state index in [2.05, 4.69) is 36.6 Å². The summed E-state index contributed by atoms with van der Waals surface area (Å²) < 4.78 is 0. The molecule has 0 saturated carbocycles. The van der Waals surface area contributed by atoms with Crippen LogP contribution in [0.3, 0.4) is 0 Å². The molecule has 0 aromatic heterocycles. The highest BCUT2D eigenvalue weighted by molar-refractivity contribution is 5.96. The molecular formula is C29H40N6O3. The lowest BCUT2D eigenvalue weighted by Gasteiger charge is -2.31. The van der Waals surface area contributed by atoms with Crippen molar-refractivity contribution in [3.63, 3.8) is 0 Å². The van der Waals surface area contributed by atoms with Crippen LogP contribution in [-0.2, 0) is 33.9 Å². The fourth-order valence-corrected chi connectivity index (χ4v) is 5.00. The van der Waals surface area contributed by atoms with Crippen molar-refractivity contribution in [2.24, 2.45) is 0 Å². The number of hydrazine groups is 1. The number of anilines is 2. The topological polar surface area (TPSA) is 88.2 Å². The van der Waals surface area contributed by atoms with Crippen LogP contribution in [0, 0.1) is 6.92 Å². The minimum Gasteiger partial charge on any atom is -0.376 e. The summed E-state index contributed by atoms with van der Waals surface area (Å²) in [5.74, 6) is -0.134. The van der Waals surface area contributed by atoms with Crippen LogP contribution >= 0.6 is 0 Å². The maximum Gasteiger partial charge on any atom is 0.256 e. The molecule has 2 aliphatic heterocycles. The van der Waals surface area contributed by atoms with Gasteiger partial charge in [-0.05, 0) is 47.7 Å². The Bertz CT molecular complexity index is 1170. The van der Waals surface area contributed by atoms with Crippen molar-refractivity contribution in [1.82, 2.24) is 20.2 Å². The maximum absolute atomic E-state index is 13.3. The Morgan fingerprint density at radius 1 is 1.03 bits per heavy atom. The third-order valence-electron chi connectivity index (χ3n) is 7.42. The van der Waals surface area contributed by atoms with Crippen LogP contribution in [0.1, 0.15) is 42.5 Å². The number of benzene rings is 2. The Morgan fingerprint density at radius 2 is 1.71 bits per heavy atom. The van der Waals surface area contributed by atoms with E-state index in [-0.39, 0.29) is 36.9 Å². The van der Waals surface area contributed by atoms with Gasteiger partial charge in [-0.25, -0.2) is 5.01 Å². The summed E-state index contributed by atoms with van der Waals surface area (Å²) in [6.45, 7) is 8.59. The van der Waals surface area contributed by atoms with E-state index in [9.17, 15) is 14.4 Å². The second-order valence-corrected chi connectivity index (χ2v) is 10.5. The first-order chi connectivity index (χ1) is 18.1. The Balaban J connectivity index is 1.40. The number of hydrogen-bond acceptors (Lipinski definition) is 6. The molecule has 3 amide bonds. The number of hydrogen-bond donors (Lipinski definition) is 2. The molecule has 0 spiro atoms. The zero-order chi connectivity index (χ0) is 27.4. The van der Waals surface area contributed by atoms with E-state index in [4.69, 9.17) is 0 Å². The van der Waals surface area contributed by atoms with Crippen molar-refractivity contribution in [2.75, 3.05) is 50.5 Å². The second kappa shape index (κ2) is 12.0. The molecule has 0 radical (unpaired) electrons. The van der Waals surface area contributed by atoms with E-state index in [1.54, 1.807) is 28.9 Å². The van der Waals surface area contributed by atoms with E-state index >= 15 is 0 Å². The number of carbonyl (C=O) groups excluding carboxylic acids is 3. The van der Waals surface area contributed by atoms with Crippen LogP contribution in [0.15, 0.2) is 36.4 Å². The van der Waals surface area contributed by atoms with E-state index < -0.39 is 0 Å². The fourth-order valence-electron chi connectivity index (χ4n) is 5.00. The highest BCUT2D eigenvalue weighted by Crippen LogP contribution is 2.32. The van der Waals surface area contributed by atoms with E-state index in [0.717, 1.165) is 22.5 Å². The number of fused-ring (bicyclic) bond motifs is 2. The first kappa shape index (κ1) is 27.6. The molecule has 0 unspecified atom stereocenters. The van der Waals surface area contributed by atoms with Gasteiger partial charge >= 0.3 is 0 Å². The molecule has 0 aliphatic carbocycles. The van der Waals surface area contributed by atoms with Crippen molar-refractivity contribution in [3.05, 3.63) is 58.7 Å². The van der Waals surface area contributed by atoms with Gasteiger partial charge in [0.1, 0.15) is 6.54 Å². The van der Waals surface area contributed by atoms with Gasteiger partial charge in [-0.15, -0.1) is 0 Å². The number of nitrogens with one attached hydrogen (secondary N) is 2. The standard InChI is InChI=1S/C29H40N6O3/c1-20(2)30-12-13-34(19-29(38)33(5)35-17-23-8-6-7-9-24(23)18-35)28(37)16-31-25-15-22-10-11-27(36)32(4)26(22)14-21(25)3/h6-9,14-15,20,30-31H,10-13,16-19H2,1-5H3. The number of likely N-dealkylation sites (N-methyl/N-ethyl adjacent to an activating group) is 1. The lowest BCUT2D eigenvalue weighted by Crippen LogP contribution is -2.49. The van der Waals surface area contributed by atoms with Gasteiger partial charge in [0.05, 0.1) is 6.54 Å². The third-order valence-corrected chi connectivity index (χ3v) is 7.42. The van der Waals surface area contributed by atoms with Gasteiger partial charge in [-0.2, -0.15) is 0 Å². The molecule has 0 bridgehead atoms. The molecule has 2 N–H and O–H groups in total. The van der Waals surface area contributed by atoms with Gasteiger partial charge in [0.15, 0.2) is 0 Å². The molecule has 4 rings (SSSR count). The second-order valence-electron chi connectivity index (χ2n) is 10.5. The zero-order valence-corrected chi connectivity index (χ0v) is 23.2. The van der Waals surface area contributed by atoms with Crippen LogP contribution in [0.5, 0.6) is 0 Å². The molecule has 2 aromatic carbocycles. The van der Waals surface area contributed by atoms with E-state index in [1.165, 1.54) is 11.1 Å². The van der Waals surface area contributed by atoms with Crippen molar-refractivity contribution in [3.8, 4) is 0 Å². The first-order valence-corrected chi connectivity index (χ1v) is 13.4. The van der Waals surface area contributed by atoms with Gasteiger partial charge in [-0.3, -0.25) is 19.4 Å².